The van der Waals surface area contributed by atoms with Crippen LogP contribution in [0, 0.1) is 0 Å². The average Bonchev–Trinajstić information content (AvgIpc) is 2.90. The van der Waals surface area contributed by atoms with Gasteiger partial charge in [-0.3, -0.25) is 0 Å². The highest BCUT2D eigenvalue weighted by atomic mass is 16.3. The molecule has 0 spiro atoms. The van der Waals surface area contributed by atoms with Crippen molar-refractivity contribution in [3.63, 3.8) is 0 Å². The molecule has 0 radical (unpaired) electrons. The fourth-order valence-corrected chi connectivity index (χ4v) is 1.41. The first-order valence-electron chi connectivity index (χ1n) is 4.89. The van der Waals surface area contributed by atoms with Crippen molar-refractivity contribution < 1.29 is 4.42 Å². The highest BCUT2D eigenvalue weighted by Crippen LogP contribution is 2.16. The molecular weight excluding hydrogens is 194 g/mol. The molecular formula is C9H13N5O. The summed E-state index contributed by atoms with van der Waals surface area (Å²) in [6.45, 7) is 2.67. The number of hydrogen-bond donors (Lipinski definition) is 2. The van der Waals surface area contributed by atoms with Crippen LogP contribution in [0.1, 0.15) is 31.0 Å². The maximum Gasteiger partial charge on any atom is 0.188 e. The van der Waals surface area contributed by atoms with Gasteiger partial charge < -0.3 is 9.73 Å². The third kappa shape index (κ3) is 2.41. The second-order valence-electron chi connectivity index (χ2n) is 3.19. The van der Waals surface area contributed by atoms with Crippen LogP contribution in [-0.2, 0) is 6.54 Å². The SMILES string of the molecule is CCC(NCc1nn[nH]n1)c1ccco1. The molecule has 0 aliphatic rings. The van der Waals surface area contributed by atoms with Crippen molar-refractivity contribution in [1.29, 1.82) is 0 Å². The predicted molar refractivity (Wildman–Crippen MR) is 52.8 cm³/mol. The molecule has 1 atom stereocenters. The van der Waals surface area contributed by atoms with E-state index >= 15 is 0 Å². The molecule has 2 rings (SSSR count). The van der Waals surface area contributed by atoms with Crippen molar-refractivity contribution >= 4 is 0 Å². The maximum atomic E-state index is 5.33. The van der Waals surface area contributed by atoms with Gasteiger partial charge in [-0.15, -0.1) is 10.2 Å². The van der Waals surface area contributed by atoms with Crippen LogP contribution in [0.15, 0.2) is 22.8 Å². The number of rotatable bonds is 5. The molecule has 0 amide bonds. The molecule has 2 N–H and O–H groups in total. The quantitative estimate of drug-likeness (QED) is 0.765. The zero-order chi connectivity index (χ0) is 10.5. The van der Waals surface area contributed by atoms with Crippen LogP contribution < -0.4 is 5.32 Å². The van der Waals surface area contributed by atoms with Gasteiger partial charge in [0.05, 0.1) is 18.8 Å². The Bertz CT molecular complexity index is 369. The van der Waals surface area contributed by atoms with Crippen molar-refractivity contribution in [2.24, 2.45) is 0 Å². The van der Waals surface area contributed by atoms with Crippen LogP contribution in [-0.4, -0.2) is 20.6 Å². The predicted octanol–water partition coefficient (Wildman–Crippen LogP) is 1.03. The van der Waals surface area contributed by atoms with Crippen molar-refractivity contribution in [3.8, 4) is 0 Å². The van der Waals surface area contributed by atoms with E-state index < -0.39 is 0 Å². The Balaban J connectivity index is 1.92. The average molecular weight is 207 g/mol. The van der Waals surface area contributed by atoms with E-state index in [-0.39, 0.29) is 6.04 Å². The monoisotopic (exact) mass is 207 g/mol. The Morgan fingerprint density at radius 3 is 3.13 bits per heavy atom. The molecule has 6 heteroatoms. The molecule has 6 nitrogen and oxygen atoms in total. The summed E-state index contributed by atoms with van der Waals surface area (Å²) >= 11 is 0. The lowest BCUT2D eigenvalue weighted by molar-refractivity contribution is 0.400. The fourth-order valence-electron chi connectivity index (χ4n) is 1.41. The van der Waals surface area contributed by atoms with E-state index in [1.54, 1.807) is 6.26 Å². The number of nitrogens with one attached hydrogen (secondary N) is 2. The van der Waals surface area contributed by atoms with Crippen molar-refractivity contribution in [1.82, 2.24) is 25.9 Å². The van der Waals surface area contributed by atoms with Gasteiger partial charge in [-0.05, 0) is 18.6 Å². The Morgan fingerprint density at radius 2 is 2.53 bits per heavy atom. The van der Waals surface area contributed by atoms with Crippen LogP contribution in [0.5, 0.6) is 0 Å². The number of H-pyrrole nitrogens is 1. The number of furan rings is 1. The van der Waals surface area contributed by atoms with Crippen LogP contribution in [0.3, 0.4) is 0 Å². The lowest BCUT2D eigenvalue weighted by Gasteiger charge is -2.12. The second kappa shape index (κ2) is 4.70. The van der Waals surface area contributed by atoms with E-state index in [0.717, 1.165) is 12.2 Å². The summed E-state index contributed by atoms with van der Waals surface area (Å²) in [4.78, 5) is 0. The molecule has 0 fully saturated rings. The lowest BCUT2D eigenvalue weighted by Crippen LogP contribution is -2.20. The van der Waals surface area contributed by atoms with Crippen LogP contribution >= 0.6 is 0 Å². The molecule has 0 bridgehead atoms. The number of aromatic nitrogens is 4. The summed E-state index contributed by atoms with van der Waals surface area (Å²) in [6, 6.07) is 4.03. The van der Waals surface area contributed by atoms with Gasteiger partial charge in [0.2, 0.25) is 0 Å². The molecule has 0 aliphatic heterocycles. The van der Waals surface area contributed by atoms with Crippen molar-refractivity contribution in [2.75, 3.05) is 0 Å². The summed E-state index contributed by atoms with van der Waals surface area (Å²) in [5.41, 5.74) is 0. The van der Waals surface area contributed by atoms with E-state index in [2.05, 4.69) is 32.9 Å². The Hall–Kier alpha value is -1.69. The fraction of sp³-hybridized carbons (Fsp3) is 0.444. The molecule has 2 heterocycles. The zero-order valence-corrected chi connectivity index (χ0v) is 8.47. The molecule has 0 aliphatic carbocycles. The smallest absolute Gasteiger partial charge is 0.188 e. The minimum absolute atomic E-state index is 0.193. The summed E-state index contributed by atoms with van der Waals surface area (Å²) in [7, 11) is 0. The summed E-state index contributed by atoms with van der Waals surface area (Å²) in [5, 5.41) is 16.9. The molecule has 80 valence electrons. The van der Waals surface area contributed by atoms with Crippen LogP contribution in [0.2, 0.25) is 0 Å². The van der Waals surface area contributed by atoms with Gasteiger partial charge in [-0.1, -0.05) is 12.1 Å². The normalized spacial score (nSPS) is 12.9. The van der Waals surface area contributed by atoms with E-state index in [4.69, 9.17) is 4.42 Å². The first-order valence-corrected chi connectivity index (χ1v) is 4.89. The number of hydrogen-bond acceptors (Lipinski definition) is 5. The van der Waals surface area contributed by atoms with Gasteiger partial charge in [-0.25, -0.2) is 0 Å². The van der Waals surface area contributed by atoms with Gasteiger partial charge >= 0.3 is 0 Å². The Labute approximate surface area is 87.1 Å². The molecule has 2 aromatic heterocycles. The highest BCUT2D eigenvalue weighted by molar-refractivity contribution is 5.04. The molecule has 15 heavy (non-hydrogen) atoms. The van der Waals surface area contributed by atoms with E-state index in [0.29, 0.717) is 12.4 Å². The van der Waals surface area contributed by atoms with Crippen LogP contribution in [0.4, 0.5) is 0 Å². The van der Waals surface area contributed by atoms with E-state index in [9.17, 15) is 0 Å². The molecule has 0 aromatic carbocycles. The van der Waals surface area contributed by atoms with Gasteiger partial charge in [0, 0.05) is 0 Å². The first-order chi connectivity index (χ1) is 7.40. The molecule has 2 aromatic rings. The van der Waals surface area contributed by atoms with E-state index in [1.165, 1.54) is 0 Å². The Morgan fingerprint density at radius 1 is 1.60 bits per heavy atom. The molecule has 0 saturated carbocycles. The lowest BCUT2D eigenvalue weighted by atomic mass is 10.2. The minimum Gasteiger partial charge on any atom is -0.468 e. The van der Waals surface area contributed by atoms with E-state index in [1.807, 2.05) is 12.1 Å². The van der Waals surface area contributed by atoms with Crippen LogP contribution in [0.25, 0.3) is 0 Å². The molecule has 0 saturated heterocycles. The summed E-state index contributed by atoms with van der Waals surface area (Å²) < 4.78 is 5.33. The van der Waals surface area contributed by atoms with Gasteiger partial charge in [0.1, 0.15) is 5.76 Å². The number of tetrazole rings is 1. The third-order valence-corrected chi connectivity index (χ3v) is 2.19. The number of nitrogens with zero attached hydrogens (tertiary/aromatic N) is 3. The summed E-state index contributed by atoms with van der Waals surface area (Å²) in [5.74, 6) is 1.58. The maximum absolute atomic E-state index is 5.33. The highest BCUT2D eigenvalue weighted by Gasteiger charge is 2.11. The second-order valence-corrected chi connectivity index (χ2v) is 3.19. The molecule has 1 unspecified atom stereocenters. The zero-order valence-electron chi connectivity index (χ0n) is 8.47. The topological polar surface area (TPSA) is 79.6 Å². The minimum atomic E-state index is 0.193. The largest absolute Gasteiger partial charge is 0.468 e. The van der Waals surface area contributed by atoms with Crippen molar-refractivity contribution in [2.45, 2.75) is 25.9 Å². The summed E-state index contributed by atoms with van der Waals surface area (Å²) in [6.07, 6.45) is 2.62. The van der Waals surface area contributed by atoms with Gasteiger partial charge in [0.25, 0.3) is 0 Å². The van der Waals surface area contributed by atoms with Gasteiger partial charge in [-0.2, -0.15) is 5.21 Å². The number of aromatic amines is 1. The van der Waals surface area contributed by atoms with Crippen molar-refractivity contribution in [3.05, 3.63) is 30.0 Å². The standard InChI is InChI=1S/C9H13N5O/c1-2-7(8-4-3-5-15-8)10-6-9-11-13-14-12-9/h3-5,7,10H,2,6H2,1H3,(H,11,12,13,14). The van der Waals surface area contributed by atoms with Gasteiger partial charge in [0.15, 0.2) is 5.82 Å². The Kier molecular flexibility index (Phi) is 3.08. The third-order valence-electron chi connectivity index (χ3n) is 2.19. The first kappa shape index (κ1) is 9.85.